The number of hydrogen-bond donors (Lipinski definition) is 1. The Morgan fingerprint density at radius 1 is 0.848 bits per heavy atom. The lowest BCUT2D eigenvalue weighted by molar-refractivity contribution is -0.111. The molecular weight excluding hydrogens is 412 g/mol. The quantitative estimate of drug-likeness (QED) is 0.302. The van der Waals surface area contributed by atoms with Gasteiger partial charge in [-0.2, -0.15) is 0 Å². The number of anilines is 1. The Hall–Kier alpha value is -4.38. The van der Waals surface area contributed by atoms with Gasteiger partial charge in [0, 0.05) is 22.9 Å². The van der Waals surface area contributed by atoms with Gasteiger partial charge in [0.15, 0.2) is 5.58 Å². The van der Waals surface area contributed by atoms with Gasteiger partial charge < -0.3 is 14.2 Å². The fraction of sp³-hybridized carbons (Fsp3) is 0.0714. The predicted molar refractivity (Wildman–Crippen MR) is 131 cm³/mol. The number of aryl methyl sites for hydroxylation is 2. The van der Waals surface area contributed by atoms with Crippen LogP contribution in [0.1, 0.15) is 16.9 Å². The molecule has 5 heteroatoms. The van der Waals surface area contributed by atoms with E-state index in [2.05, 4.69) is 17.2 Å². The predicted octanol–water partition coefficient (Wildman–Crippen LogP) is 7.02. The topological polar surface area (TPSA) is 68.3 Å². The molecule has 2 heterocycles. The highest BCUT2D eigenvalue weighted by Gasteiger charge is 2.11. The Bertz CT molecular complexity index is 1440. The highest BCUT2D eigenvalue weighted by atomic mass is 16.3. The number of aromatic nitrogens is 1. The van der Waals surface area contributed by atoms with Gasteiger partial charge in [-0.1, -0.05) is 36.4 Å². The molecule has 2 aromatic heterocycles. The van der Waals surface area contributed by atoms with Crippen LogP contribution >= 0.6 is 0 Å². The summed E-state index contributed by atoms with van der Waals surface area (Å²) in [5.41, 5.74) is 6.33. The third kappa shape index (κ3) is 4.48. The van der Waals surface area contributed by atoms with E-state index in [4.69, 9.17) is 8.83 Å². The lowest BCUT2D eigenvalue weighted by Gasteiger charge is -2.03. The van der Waals surface area contributed by atoms with Crippen LogP contribution in [0.15, 0.2) is 93.8 Å². The number of rotatable bonds is 5. The molecular formula is C28H22N2O3. The van der Waals surface area contributed by atoms with Gasteiger partial charge in [0.25, 0.3) is 0 Å². The molecule has 162 valence electrons. The highest BCUT2D eigenvalue weighted by molar-refractivity contribution is 6.02. The summed E-state index contributed by atoms with van der Waals surface area (Å²) in [6.07, 6.45) is 3.10. The molecule has 33 heavy (non-hydrogen) atoms. The Labute approximate surface area is 191 Å². The number of furan rings is 1. The smallest absolute Gasteiger partial charge is 0.248 e. The van der Waals surface area contributed by atoms with E-state index < -0.39 is 0 Å². The van der Waals surface area contributed by atoms with Crippen LogP contribution in [-0.4, -0.2) is 10.9 Å². The second-order valence-electron chi connectivity index (χ2n) is 7.89. The number of amides is 1. The first-order chi connectivity index (χ1) is 16.0. The van der Waals surface area contributed by atoms with Crippen LogP contribution in [0.3, 0.4) is 0 Å². The van der Waals surface area contributed by atoms with Gasteiger partial charge in [0.1, 0.15) is 17.0 Å². The van der Waals surface area contributed by atoms with Crippen molar-refractivity contribution in [2.75, 3.05) is 5.32 Å². The fourth-order valence-electron chi connectivity index (χ4n) is 3.58. The summed E-state index contributed by atoms with van der Waals surface area (Å²) in [4.78, 5) is 17.1. The number of hydrogen-bond acceptors (Lipinski definition) is 4. The number of benzene rings is 3. The fourth-order valence-corrected chi connectivity index (χ4v) is 3.58. The van der Waals surface area contributed by atoms with E-state index in [1.165, 1.54) is 11.6 Å². The molecule has 0 aliphatic heterocycles. The molecule has 1 N–H and O–H groups in total. The average Bonchev–Trinajstić information content (AvgIpc) is 3.46. The highest BCUT2D eigenvalue weighted by Crippen LogP contribution is 2.28. The number of oxazole rings is 1. The van der Waals surface area contributed by atoms with Crippen LogP contribution in [-0.2, 0) is 4.79 Å². The van der Waals surface area contributed by atoms with Crippen LogP contribution in [0.2, 0.25) is 0 Å². The molecule has 0 bridgehead atoms. The molecule has 0 fully saturated rings. The first-order valence-corrected chi connectivity index (χ1v) is 10.7. The van der Waals surface area contributed by atoms with Crippen molar-refractivity contribution in [3.05, 3.63) is 102 Å². The largest absolute Gasteiger partial charge is 0.457 e. The van der Waals surface area contributed by atoms with Gasteiger partial charge in [-0.15, -0.1) is 0 Å². The van der Waals surface area contributed by atoms with Gasteiger partial charge in [-0.3, -0.25) is 4.79 Å². The normalized spacial score (nSPS) is 11.3. The summed E-state index contributed by atoms with van der Waals surface area (Å²) in [6, 6.07) is 25.0. The van der Waals surface area contributed by atoms with E-state index >= 15 is 0 Å². The molecule has 0 atom stereocenters. The molecule has 0 spiro atoms. The Morgan fingerprint density at radius 2 is 1.64 bits per heavy atom. The number of fused-ring (bicyclic) bond motifs is 1. The molecule has 5 aromatic rings. The summed E-state index contributed by atoms with van der Waals surface area (Å²) in [6.45, 7) is 4.10. The zero-order valence-electron chi connectivity index (χ0n) is 18.3. The minimum absolute atomic E-state index is 0.256. The lowest BCUT2D eigenvalue weighted by Crippen LogP contribution is -2.07. The molecule has 1 amide bonds. The summed E-state index contributed by atoms with van der Waals surface area (Å²) < 4.78 is 11.7. The van der Waals surface area contributed by atoms with Crippen molar-refractivity contribution >= 4 is 28.8 Å². The van der Waals surface area contributed by atoms with Crippen molar-refractivity contribution in [2.45, 2.75) is 13.8 Å². The average molecular weight is 434 g/mol. The zero-order valence-corrected chi connectivity index (χ0v) is 18.3. The number of carbonyl (C=O) groups is 1. The monoisotopic (exact) mass is 434 g/mol. The molecule has 0 saturated heterocycles. The van der Waals surface area contributed by atoms with E-state index in [1.54, 1.807) is 6.08 Å². The molecule has 0 aliphatic carbocycles. The van der Waals surface area contributed by atoms with Crippen molar-refractivity contribution < 1.29 is 13.6 Å². The minimum Gasteiger partial charge on any atom is -0.457 e. The first-order valence-electron chi connectivity index (χ1n) is 10.7. The zero-order chi connectivity index (χ0) is 22.8. The molecule has 0 saturated carbocycles. The molecule has 5 rings (SSSR count). The van der Waals surface area contributed by atoms with E-state index in [1.807, 2.05) is 85.8 Å². The van der Waals surface area contributed by atoms with E-state index in [9.17, 15) is 4.79 Å². The maximum atomic E-state index is 12.4. The third-order valence-electron chi connectivity index (χ3n) is 5.47. The van der Waals surface area contributed by atoms with Gasteiger partial charge in [-0.05, 0) is 73.5 Å². The van der Waals surface area contributed by atoms with Gasteiger partial charge in [0.05, 0.1) is 0 Å². The van der Waals surface area contributed by atoms with E-state index in [0.717, 1.165) is 33.6 Å². The first kappa shape index (κ1) is 20.5. The van der Waals surface area contributed by atoms with E-state index in [-0.39, 0.29) is 5.91 Å². The van der Waals surface area contributed by atoms with Crippen molar-refractivity contribution in [2.24, 2.45) is 0 Å². The van der Waals surface area contributed by atoms with Crippen LogP contribution < -0.4 is 5.32 Å². The lowest BCUT2D eigenvalue weighted by atomic mass is 10.1. The molecule has 0 unspecified atom stereocenters. The van der Waals surface area contributed by atoms with Crippen LogP contribution in [0.25, 0.3) is 40.0 Å². The third-order valence-corrected chi connectivity index (χ3v) is 5.47. The maximum absolute atomic E-state index is 12.4. The van der Waals surface area contributed by atoms with Crippen LogP contribution in [0.5, 0.6) is 0 Å². The Balaban J connectivity index is 1.30. The van der Waals surface area contributed by atoms with Crippen LogP contribution in [0, 0.1) is 13.8 Å². The van der Waals surface area contributed by atoms with Crippen molar-refractivity contribution in [1.82, 2.24) is 4.98 Å². The number of carbonyl (C=O) groups excluding carboxylic acids is 1. The van der Waals surface area contributed by atoms with Gasteiger partial charge >= 0.3 is 0 Å². The van der Waals surface area contributed by atoms with Gasteiger partial charge in [-0.25, -0.2) is 4.98 Å². The van der Waals surface area contributed by atoms with E-state index in [0.29, 0.717) is 17.3 Å². The molecule has 0 radical (unpaired) electrons. The number of nitrogens with one attached hydrogen (secondary N) is 1. The Kier molecular flexibility index (Phi) is 5.37. The van der Waals surface area contributed by atoms with Crippen molar-refractivity contribution in [3.63, 3.8) is 0 Å². The van der Waals surface area contributed by atoms with Crippen LogP contribution in [0.4, 0.5) is 5.69 Å². The number of nitrogens with zero attached hydrogens (tertiary/aromatic N) is 1. The summed E-state index contributed by atoms with van der Waals surface area (Å²) >= 11 is 0. The standard InChI is InChI=1S/C28H22N2O3/c1-18-15-24-26(16-19(18)2)33-28(30-24)21-9-6-10-22(17-21)29-27(31)14-12-23-11-13-25(32-23)20-7-4-3-5-8-20/h3-17H,1-2H3,(H,29,31). The summed E-state index contributed by atoms with van der Waals surface area (Å²) in [7, 11) is 0. The van der Waals surface area contributed by atoms with Gasteiger partial charge in [0.2, 0.25) is 11.8 Å². The molecule has 3 aromatic carbocycles. The second kappa shape index (κ2) is 8.63. The Morgan fingerprint density at radius 3 is 2.48 bits per heavy atom. The second-order valence-corrected chi connectivity index (χ2v) is 7.89. The maximum Gasteiger partial charge on any atom is 0.248 e. The summed E-state index contributed by atoms with van der Waals surface area (Å²) in [5, 5.41) is 2.88. The van der Waals surface area contributed by atoms with Crippen molar-refractivity contribution in [1.29, 1.82) is 0 Å². The molecule has 0 aliphatic rings. The SMILES string of the molecule is Cc1cc2nc(-c3cccc(NC(=O)C=Cc4ccc(-c5ccccc5)o4)c3)oc2cc1C. The minimum atomic E-state index is -0.256. The molecule has 5 nitrogen and oxygen atoms in total. The summed E-state index contributed by atoms with van der Waals surface area (Å²) in [5.74, 6) is 1.63. The van der Waals surface area contributed by atoms with Crippen molar-refractivity contribution in [3.8, 4) is 22.8 Å².